The summed E-state index contributed by atoms with van der Waals surface area (Å²) < 4.78 is 16.3. The van der Waals surface area contributed by atoms with Crippen LogP contribution in [0.1, 0.15) is 31.7 Å². The molecule has 0 amide bonds. The summed E-state index contributed by atoms with van der Waals surface area (Å²) in [5, 5.41) is 10.0. The SMILES string of the molecule is CCNC(=NCc1ccc(NCCOC)cc1)NCCCOCC1CCOCC1.I. The van der Waals surface area contributed by atoms with Gasteiger partial charge in [0.1, 0.15) is 0 Å². The van der Waals surface area contributed by atoms with Crippen molar-refractivity contribution in [2.45, 2.75) is 32.7 Å². The van der Waals surface area contributed by atoms with Crippen LogP contribution in [0.25, 0.3) is 0 Å². The van der Waals surface area contributed by atoms with Crippen molar-refractivity contribution in [3.05, 3.63) is 29.8 Å². The first-order chi connectivity index (χ1) is 14.3. The average molecular weight is 534 g/mol. The van der Waals surface area contributed by atoms with E-state index >= 15 is 0 Å². The van der Waals surface area contributed by atoms with Crippen LogP contribution in [0.2, 0.25) is 0 Å². The molecule has 0 atom stereocenters. The molecule has 0 bridgehead atoms. The minimum Gasteiger partial charge on any atom is -0.383 e. The highest BCUT2D eigenvalue weighted by Gasteiger charge is 2.13. The maximum atomic E-state index is 5.82. The van der Waals surface area contributed by atoms with E-state index in [0.717, 1.165) is 77.0 Å². The van der Waals surface area contributed by atoms with Gasteiger partial charge in [-0.3, -0.25) is 0 Å². The van der Waals surface area contributed by atoms with Crippen LogP contribution in [0.15, 0.2) is 29.3 Å². The lowest BCUT2D eigenvalue weighted by atomic mass is 10.0. The van der Waals surface area contributed by atoms with Crippen molar-refractivity contribution in [2.75, 3.05) is 65.1 Å². The number of guanidine groups is 1. The smallest absolute Gasteiger partial charge is 0.191 e. The summed E-state index contributed by atoms with van der Waals surface area (Å²) in [5.41, 5.74) is 2.28. The van der Waals surface area contributed by atoms with Crippen molar-refractivity contribution in [1.82, 2.24) is 10.6 Å². The number of halogens is 1. The fourth-order valence-electron chi connectivity index (χ4n) is 3.08. The normalized spacial score (nSPS) is 14.8. The Morgan fingerprint density at radius 1 is 1.10 bits per heavy atom. The quantitative estimate of drug-likeness (QED) is 0.156. The van der Waals surface area contributed by atoms with E-state index < -0.39 is 0 Å². The number of nitrogens with one attached hydrogen (secondary N) is 3. The zero-order valence-electron chi connectivity index (χ0n) is 18.5. The molecule has 1 fully saturated rings. The second-order valence-corrected chi connectivity index (χ2v) is 7.22. The molecular weight excluding hydrogens is 495 g/mol. The van der Waals surface area contributed by atoms with Crippen molar-refractivity contribution in [2.24, 2.45) is 10.9 Å². The minimum absolute atomic E-state index is 0. The predicted molar refractivity (Wildman–Crippen MR) is 134 cm³/mol. The van der Waals surface area contributed by atoms with Crippen LogP contribution in [0.5, 0.6) is 0 Å². The molecule has 30 heavy (non-hydrogen) atoms. The highest BCUT2D eigenvalue weighted by Crippen LogP contribution is 2.14. The molecule has 0 saturated carbocycles. The molecule has 0 aromatic heterocycles. The number of rotatable bonds is 13. The summed E-state index contributed by atoms with van der Waals surface area (Å²) in [4.78, 5) is 4.68. The fraction of sp³-hybridized carbons (Fsp3) is 0.682. The zero-order valence-corrected chi connectivity index (χ0v) is 20.8. The van der Waals surface area contributed by atoms with E-state index in [1.165, 1.54) is 5.56 Å². The van der Waals surface area contributed by atoms with Crippen LogP contribution in [-0.4, -0.2) is 65.7 Å². The average Bonchev–Trinajstić information content (AvgIpc) is 2.76. The third kappa shape index (κ3) is 11.9. The largest absolute Gasteiger partial charge is 0.383 e. The highest BCUT2D eigenvalue weighted by atomic mass is 127. The second kappa shape index (κ2) is 17.6. The molecule has 1 heterocycles. The van der Waals surface area contributed by atoms with Crippen LogP contribution in [0.3, 0.4) is 0 Å². The monoisotopic (exact) mass is 534 g/mol. The van der Waals surface area contributed by atoms with E-state index in [2.05, 4.69) is 52.1 Å². The van der Waals surface area contributed by atoms with Crippen molar-refractivity contribution in [3.8, 4) is 0 Å². The maximum Gasteiger partial charge on any atom is 0.191 e. The Hall–Kier alpha value is -1.10. The van der Waals surface area contributed by atoms with Gasteiger partial charge in [-0.05, 0) is 49.8 Å². The summed E-state index contributed by atoms with van der Waals surface area (Å²) in [6.07, 6.45) is 3.22. The molecule has 0 radical (unpaired) electrons. The van der Waals surface area contributed by atoms with Crippen molar-refractivity contribution in [3.63, 3.8) is 0 Å². The highest BCUT2D eigenvalue weighted by molar-refractivity contribution is 14.0. The molecule has 1 saturated heterocycles. The Labute approximate surface area is 198 Å². The number of aliphatic imine (C=N–C) groups is 1. The molecule has 1 aliphatic heterocycles. The standard InChI is InChI=1S/C22H38N4O3.HI/c1-3-23-22(25-11-4-13-29-18-20-9-14-28-15-10-20)26-17-19-5-7-21(8-6-19)24-12-16-27-2;/h5-8,20,24H,3-4,9-18H2,1-2H3,(H2,23,25,26);1H. The Morgan fingerprint density at radius 2 is 1.87 bits per heavy atom. The van der Waals surface area contributed by atoms with Crippen LogP contribution in [-0.2, 0) is 20.8 Å². The number of hydrogen-bond donors (Lipinski definition) is 3. The first-order valence-corrected chi connectivity index (χ1v) is 10.8. The summed E-state index contributed by atoms with van der Waals surface area (Å²) in [5.74, 6) is 1.51. The van der Waals surface area contributed by atoms with Gasteiger partial charge in [0.2, 0.25) is 0 Å². The Bertz CT molecular complexity index is 566. The summed E-state index contributed by atoms with van der Waals surface area (Å²) in [6, 6.07) is 8.37. The zero-order chi connectivity index (χ0) is 20.6. The van der Waals surface area contributed by atoms with E-state index in [9.17, 15) is 0 Å². The fourth-order valence-corrected chi connectivity index (χ4v) is 3.08. The molecule has 8 heteroatoms. The van der Waals surface area contributed by atoms with Gasteiger partial charge in [0.25, 0.3) is 0 Å². The minimum atomic E-state index is 0. The second-order valence-electron chi connectivity index (χ2n) is 7.22. The van der Waals surface area contributed by atoms with Gasteiger partial charge in [-0.2, -0.15) is 0 Å². The molecule has 1 aromatic rings. The van der Waals surface area contributed by atoms with Crippen molar-refractivity contribution in [1.29, 1.82) is 0 Å². The number of anilines is 1. The number of ether oxygens (including phenoxy) is 3. The first-order valence-electron chi connectivity index (χ1n) is 10.8. The summed E-state index contributed by atoms with van der Waals surface area (Å²) >= 11 is 0. The van der Waals surface area contributed by atoms with Gasteiger partial charge in [-0.1, -0.05) is 12.1 Å². The van der Waals surface area contributed by atoms with Crippen molar-refractivity contribution >= 4 is 35.6 Å². The topological polar surface area (TPSA) is 76.1 Å². The Balaban J connectivity index is 0.00000450. The number of methoxy groups -OCH3 is 1. The van der Waals surface area contributed by atoms with Crippen LogP contribution >= 0.6 is 24.0 Å². The number of nitrogens with zero attached hydrogens (tertiary/aromatic N) is 1. The lowest BCUT2D eigenvalue weighted by molar-refractivity contribution is 0.0203. The lowest BCUT2D eigenvalue weighted by Crippen LogP contribution is -2.38. The van der Waals surface area contributed by atoms with E-state index in [0.29, 0.717) is 19.1 Å². The third-order valence-electron chi connectivity index (χ3n) is 4.81. The van der Waals surface area contributed by atoms with Crippen molar-refractivity contribution < 1.29 is 14.2 Å². The molecule has 3 N–H and O–H groups in total. The van der Waals surface area contributed by atoms with Crippen LogP contribution in [0, 0.1) is 5.92 Å². The van der Waals surface area contributed by atoms with Gasteiger partial charge < -0.3 is 30.2 Å². The van der Waals surface area contributed by atoms with E-state index in [1.54, 1.807) is 7.11 Å². The first kappa shape index (κ1) is 26.9. The molecular formula is C22H39IN4O3. The Kier molecular flexibility index (Phi) is 15.8. The van der Waals surface area contributed by atoms with Gasteiger partial charge in [0.15, 0.2) is 5.96 Å². The molecule has 7 nitrogen and oxygen atoms in total. The van der Waals surface area contributed by atoms with Gasteiger partial charge in [-0.25, -0.2) is 4.99 Å². The molecule has 172 valence electrons. The summed E-state index contributed by atoms with van der Waals surface area (Å²) in [7, 11) is 1.71. The Morgan fingerprint density at radius 3 is 2.57 bits per heavy atom. The van der Waals surface area contributed by atoms with Gasteiger partial charge in [0, 0.05) is 58.9 Å². The third-order valence-corrected chi connectivity index (χ3v) is 4.81. The number of benzene rings is 1. The van der Waals surface area contributed by atoms with E-state index in [4.69, 9.17) is 14.2 Å². The van der Waals surface area contributed by atoms with Crippen LogP contribution in [0.4, 0.5) is 5.69 Å². The predicted octanol–water partition coefficient (Wildman–Crippen LogP) is 3.25. The van der Waals surface area contributed by atoms with Crippen LogP contribution < -0.4 is 16.0 Å². The van der Waals surface area contributed by atoms with E-state index in [1.807, 2.05) is 0 Å². The number of hydrogen-bond acceptors (Lipinski definition) is 5. The van der Waals surface area contributed by atoms with Gasteiger partial charge in [-0.15, -0.1) is 24.0 Å². The lowest BCUT2D eigenvalue weighted by Gasteiger charge is -2.21. The van der Waals surface area contributed by atoms with Gasteiger partial charge in [0.05, 0.1) is 13.2 Å². The van der Waals surface area contributed by atoms with E-state index in [-0.39, 0.29) is 24.0 Å². The molecule has 0 aliphatic carbocycles. The molecule has 2 rings (SSSR count). The molecule has 1 aromatic carbocycles. The van der Waals surface area contributed by atoms with Gasteiger partial charge >= 0.3 is 0 Å². The molecule has 0 spiro atoms. The maximum absolute atomic E-state index is 5.82. The molecule has 1 aliphatic rings. The molecule has 0 unspecified atom stereocenters. The summed E-state index contributed by atoms with van der Waals surface area (Å²) in [6.45, 7) is 9.32.